The van der Waals surface area contributed by atoms with Gasteiger partial charge in [0.25, 0.3) is 0 Å². The number of hydrogen-bond donors (Lipinski definition) is 3. The fourth-order valence-electron chi connectivity index (χ4n) is 2.99. The molecule has 0 aliphatic carbocycles. The number of anilines is 1. The second-order valence-corrected chi connectivity index (χ2v) is 5.49. The summed E-state index contributed by atoms with van der Waals surface area (Å²) in [5.74, 6) is -2.34. The molecule has 9 heteroatoms. The van der Waals surface area contributed by atoms with Crippen molar-refractivity contribution in [3.05, 3.63) is 34.2 Å². The van der Waals surface area contributed by atoms with Gasteiger partial charge in [-0.1, -0.05) is 6.07 Å². The zero-order valence-electron chi connectivity index (χ0n) is 12.5. The van der Waals surface area contributed by atoms with Gasteiger partial charge in [0.15, 0.2) is 11.3 Å². The van der Waals surface area contributed by atoms with E-state index in [9.17, 15) is 14.7 Å². The third-order valence-corrected chi connectivity index (χ3v) is 4.11. The van der Waals surface area contributed by atoms with E-state index in [4.69, 9.17) is 9.84 Å². The van der Waals surface area contributed by atoms with Crippen molar-refractivity contribution in [2.24, 2.45) is 0 Å². The summed E-state index contributed by atoms with van der Waals surface area (Å²) in [6.07, 6.45) is 0. The Morgan fingerprint density at radius 2 is 2.04 bits per heavy atom. The first-order valence-corrected chi connectivity index (χ1v) is 7.40. The highest BCUT2D eigenvalue weighted by Gasteiger charge is 2.23. The molecule has 0 atom stereocenters. The summed E-state index contributed by atoms with van der Waals surface area (Å²) < 4.78 is 6.42. The largest absolute Gasteiger partial charge is 0.501 e. The van der Waals surface area contributed by atoms with Crippen LogP contribution in [0.2, 0.25) is 0 Å². The third-order valence-electron chi connectivity index (χ3n) is 4.11. The monoisotopic (exact) mass is 330 g/mol. The predicted octanol–water partition coefficient (Wildman–Crippen LogP) is 0.416. The van der Waals surface area contributed by atoms with Gasteiger partial charge in [-0.15, -0.1) is 0 Å². The number of nitrogens with zero attached hydrogens (tertiary/aromatic N) is 3. The van der Waals surface area contributed by atoms with Gasteiger partial charge in [-0.25, -0.2) is 9.78 Å². The second kappa shape index (κ2) is 5.24. The van der Waals surface area contributed by atoms with Crippen molar-refractivity contribution in [2.75, 3.05) is 31.2 Å². The van der Waals surface area contributed by atoms with Gasteiger partial charge in [-0.3, -0.25) is 9.89 Å². The Hall–Kier alpha value is -3.07. The van der Waals surface area contributed by atoms with Crippen LogP contribution in [0.5, 0.6) is 5.75 Å². The molecule has 0 spiro atoms. The van der Waals surface area contributed by atoms with E-state index in [1.807, 2.05) is 12.1 Å². The summed E-state index contributed by atoms with van der Waals surface area (Å²) >= 11 is 0. The number of carbonyl (C=O) groups is 1. The minimum absolute atomic E-state index is 0.173. The number of aromatic hydroxyl groups is 1. The first-order chi connectivity index (χ1) is 11.6. The average molecular weight is 330 g/mol. The van der Waals surface area contributed by atoms with E-state index in [-0.39, 0.29) is 5.65 Å². The molecule has 3 N–H and O–H groups in total. The zero-order chi connectivity index (χ0) is 16.8. The maximum absolute atomic E-state index is 12.3. The molecule has 1 aliphatic heterocycles. The van der Waals surface area contributed by atoms with Crippen LogP contribution in [0, 0.1) is 0 Å². The molecule has 2 aromatic heterocycles. The number of aromatic carboxylic acids is 1. The van der Waals surface area contributed by atoms with Crippen LogP contribution in [-0.4, -0.2) is 57.1 Å². The van der Waals surface area contributed by atoms with Crippen LogP contribution in [0.4, 0.5) is 5.69 Å². The van der Waals surface area contributed by atoms with E-state index in [1.54, 1.807) is 6.07 Å². The SMILES string of the molecule is O=C(O)c1nc2c3c(N4CCOCC4)cccc3[nH]n2c(=O)c1O. The van der Waals surface area contributed by atoms with E-state index >= 15 is 0 Å². The average Bonchev–Trinajstić information content (AvgIpc) is 2.97. The molecule has 0 radical (unpaired) electrons. The number of aromatic amines is 1. The lowest BCUT2D eigenvalue weighted by Crippen LogP contribution is -2.36. The molecule has 3 heterocycles. The number of aromatic nitrogens is 3. The van der Waals surface area contributed by atoms with Crippen LogP contribution in [0.15, 0.2) is 23.0 Å². The van der Waals surface area contributed by atoms with Crippen LogP contribution in [0.1, 0.15) is 10.5 Å². The summed E-state index contributed by atoms with van der Waals surface area (Å²) in [5, 5.41) is 22.5. The Labute approximate surface area is 134 Å². The van der Waals surface area contributed by atoms with Crippen LogP contribution >= 0.6 is 0 Å². The molecular formula is C15H14N4O5. The van der Waals surface area contributed by atoms with E-state index < -0.39 is 23.0 Å². The minimum Gasteiger partial charge on any atom is -0.501 e. The number of ether oxygens (including phenoxy) is 1. The highest BCUT2D eigenvalue weighted by molar-refractivity contribution is 6.03. The number of H-pyrrole nitrogens is 1. The molecule has 0 bridgehead atoms. The van der Waals surface area contributed by atoms with Crippen molar-refractivity contribution < 1.29 is 19.7 Å². The Morgan fingerprint density at radius 1 is 1.29 bits per heavy atom. The number of rotatable bonds is 2. The number of morpholine rings is 1. The second-order valence-electron chi connectivity index (χ2n) is 5.49. The summed E-state index contributed by atoms with van der Waals surface area (Å²) in [4.78, 5) is 29.6. The number of carboxylic acids is 1. The number of benzene rings is 1. The van der Waals surface area contributed by atoms with E-state index in [0.717, 1.165) is 10.2 Å². The highest BCUT2D eigenvalue weighted by atomic mass is 16.5. The van der Waals surface area contributed by atoms with Crippen molar-refractivity contribution >= 4 is 28.2 Å². The fourth-order valence-corrected chi connectivity index (χ4v) is 2.99. The van der Waals surface area contributed by atoms with Crippen molar-refractivity contribution in [3.8, 4) is 5.75 Å². The Morgan fingerprint density at radius 3 is 2.75 bits per heavy atom. The van der Waals surface area contributed by atoms with Gasteiger partial charge in [0, 0.05) is 13.1 Å². The van der Waals surface area contributed by atoms with Gasteiger partial charge in [0.05, 0.1) is 29.8 Å². The van der Waals surface area contributed by atoms with Crippen molar-refractivity contribution in [2.45, 2.75) is 0 Å². The molecule has 1 aliphatic rings. The molecular weight excluding hydrogens is 316 g/mol. The minimum atomic E-state index is -1.45. The van der Waals surface area contributed by atoms with Gasteiger partial charge in [-0.2, -0.15) is 4.52 Å². The standard InChI is InChI=1S/C15H14N4O5/c20-12-11(15(22)23)16-13-10-8(17-19(13)14(12)21)2-1-3-9(10)18-4-6-24-7-5-18/h1-3,17,20H,4-7H2,(H,22,23). The van der Waals surface area contributed by atoms with Gasteiger partial charge in [0.1, 0.15) is 0 Å². The topological polar surface area (TPSA) is 120 Å². The van der Waals surface area contributed by atoms with Crippen molar-refractivity contribution in [1.29, 1.82) is 0 Å². The molecule has 9 nitrogen and oxygen atoms in total. The lowest BCUT2D eigenvalue weighted by Gasteiger charge is -2.29. The van der Waals surface area contributed by atoms with Gasteiger partial charge in [-0.05, 0) is 12.1 Å². The molecule has 124 valence electrons. The third kappa shape index (κ3) is 2.02. The number of nitrogens with one attached hydrogen (secondary N) is 1. The molecule has 24 heavy (non-hydrogen) atoms. The fraction of sp³-hybridized carbons (Fsp3) is 0.267. The molecule has 4 rings (SSSR count). The van der Waals surface area contributed by atoms with Gasteiger partial charge >= 0.3 is 11.5 Å². The molecule has 3 aromatic rings. The van der Waals surface area contributed by atoms with Crippen LogP contribution in [-0.2, 0) is 4.74 Å². The summed E-state index contributed by atoms with van der Waals surface area (Å²) in [6.45, 7) is 2.55. The molecule has 1 saturated heterocycles. The predicted molar refractivity (Wildman–Crippen MR) is 85.0 cm³/mol. The highest BCUT2D eigenvalue weighted by Crippen LogP contribution is 2.30. The molecule has 0 amide bonds. The summed E-state index contributed by atoms with van der Waals surface area (Å²) in [5.41, 5.74) is 0.139. The Bertz CT molecular complexity index is 1020. The Balaban J connectivity index is 2.07. The maximum atomic E-state index is 12.3. The number of carboxylic acid groups (broad SMARTS) is 1. The van der Waals surface area contributed by atoms with E-state index in [1.165, 1.54) is 0 Å². The van der Waals surface area contributed by atoms with Gasteiger partial charge < -0.3 is 19.8 Å². The summed E-state index contributed by atoms with van der Waals surface area (Å²) in [6, 6.07) is 5.50. The summed E-state index contributed by atoms with van der Waals surface area (Å²) in [7, 11) is 0. The Kier molecular flexibility index (Phi) is 3.17. The molecule has 0 unspecified atom stereocenters. The van der Waals surface area contributed by atoms with Crippen LogP contribution in [0.3, 0.4) is 0 Å². The molecule has 0 saturated carbocycles. The van der Waals surface area contributed by atoms with Crippen LogP contribution < -0.4 is 10.5 Å². The first-order valence-electron chi connectivity index (χ1n) is 7.40. The van der Waals surface area contributed by atoms with Crippen molar-refractivity contribution in [3.63, 3.8) is 0 Å². The smallest absolute Gasteiger partial charge is 0.358 e. The van der Waals surface area contributed by atoms with E-state index in [0.29, 0.717) is 37.2 Å². The lowest BCUT2D eigenvalue weighted by molar-refractivity contribution is 0.0686. The molecule has 1 fully saturated rings. The quantitative estimate of drug-likeness (QED) is 0.622. The maximum Gasteiger partial charge on any atom is 0.358 e. The van der Waals surface area contributed by atoms with Gasteiger partial charge in [0.2, 0.25) is 5.75 Å². The van der Waals surface area contributed by atoms with E-state index in [2.05, 4.69) is 15.0 Å². The van der Waals surface area contributed by atoms with Crippen LogP contribution in [0.25, 0.3) is 16.6 Å². The number of fused-ring (bicyclic) bond motifs is 3. The molecule has 1 aromatic carbocycles. The normalized spacial score (nSPS) is 15.2. The number of hydrogen-bond acceptors (Lipinski definition) is 6. The first kappa shape index (κ1) is 14.5. The lowest BCUT2D eigenvalue weighted by atomic mass is 10.2. The van der Waals surface area contributed by atoms with Crippen molar-refractivity contribution in [1.82, 2.24) is 14.6 Å². The zero-order valence-corrected chi connectivity index (χ0v) is 12.5.